The summed E-state index contributed by atoms with van der Waals surface area (Å²) in [5, 5.41) is 14.5. The van der Waals surface area contributed by atoms with Gasteiger partial charge in [-0.1, -0.05) is 0 Å². The molecule has 1 aliphatic heterocycles. The van der Waals surface area contributed by atoms with E-state index in [1.807, 2.05) is 0 Å². The van der Waals surface area contributed by atoms with Crippen LogP contribution in [0, 0.1) is 5.41 Å². The van der Waals surface area contributed by atoms with E-state index in [1.54, 1.807) is 42.7 Å². The van der Waals surface area contributed by atoms with Crippen molar-refractivity contribution in [2.75, 3.05) is 11.9 Å². The van der Waals surface area contributed by atoms with E-state index in [0.29, 0.717) is 46.6 Å². The van der Waals surface area contributed by atoms with E-state index < -0.39 is 0 Å². The average molecular weight is 333 g/mol. The van der Waals surface area contributed by atoms with Crippen LogP contribution in [-0.4, -0.2) is 34.0 Å². The Morgan fingerprint density at radius 2 is 2.16 bits per heavy atom. The molecular formula is C18H15N5O2. The maximum absolute atomic E-state index is 12.5. The summed E-state index contributed by atoms with van der Waals surface area (Å²) in [4.78, 5) is 31.7. The molecule has 0 spiro atoms. The number of fused-ring (bicyclic) bond motifs is 3. The van der Waals surface area contributed by atoms with Crippen LogP contribution >= 0.6 is 0 Å². The van der Waals surface area contributed by atoms with Crippen molar-refractivity contribution in [3.05, 3.63) is 59.5 Å². The monoisotopic (exact) mass is 333 g/mol. The fraction of sp³-hybridized carbons (Fsp3) is 0.111. The maximum Gasteiger partial charge on any atom is 0.268 e. The molecule has 7 nitrogen and oxygen atoms in total. The minimum absolute atomic E-state index is 0.227. The molecular weight excluding hydrogens is 318 g/mol. The molecule has 0 bridgehead atoms. The van der Waals surface area contributed by atoms with Gasteiger partial charge in [0.25, 0.3) is 11.8 Å². The maximum atomic E-state index is 12.5. The number of aromatic nitrogens is 2. The summed E-state index contributed by atoms with van der Waals surface area (Å²) in [6.45, 7) is 0.433. The van der Waals surface area contributed by atoms with E-state index in [-0.39, 0.29) is 11.8 Å². The van der Waals surface area contributed by atoms with Crippen LogP contribution in [0.2, 0.25) is 0 Å². The van der Waals surface area contributed by atoms with E-state index >= 15 is 0 Å². The number of carbonyl (C=O) groups excluding carboxylic acids is 2. The summed E-state index contributed by atoms with van der Waals surface area (Å²) in [6, 6.07) is 8.65. The molecule has 2 aromatic heterocycles. The number of nitrogens with one attached hydrogen (secondary N) is 4. The fourth-order valence-corrected chi connectivity index (χ4v) is 2.97. The van der Waals surface area contributed by atoms with Gasteiger partial charge in [0, 0.05) is 46.9 Å². The van der Waals surface area contributed by atoms with Gasteiger partial charge in [-0.05, 0) is 30.3 Å². The lowest BCUT2D eigenvalue weighted by Crippen LogP contribution is -2.23. The highest BCUT2D eigenvalue weighted by molar-refractivity contribution is 6.19. The van der Waals surface area contributed by atoms with Gasteiger partial charge in [-0.25, -0.2) is 0 Å². The van der Waals surface area contributed by atoms with Gasteiger partial charge in [-0.3, -0.25) is 14.6 Å². The summed E-state index contributed by atoms with van der Waals surface area (Å²) in [5.74, 6) is -0.496. The second-order valence-electron chi connectivity index (χ2n) is 5.82. The molecule has 4 rings (SSSR count). The molecule has 0 unspecified atom stereocenters. The highest BCUT2D eigenvalue weighted by Gasteiger charge is 2.24. The Balaban J connectivity index is 1.76. The largest absolute Gasteiger partial charge is 0.350 e. The number of hydrogen-bond donors (Lipinski definition) is 4. The SMILES string of the molecule is N=C1CCNC(=O)c2[nH]c3ccc(C(=O)Nc4cccnc4)cc3c21. The number of anilines is 1. The number of hydrogen-bond acceptors (Lipinski definition) is 4. The van der Waals surface area contributed by atoms with Gasteiger partial charge in [-0.15, -0.1) is 0 Å². The van der Waals surface area contributed by atoms with Crippen molar-refractivity contribution in [3.63, 3.8) is 0 Å². The summed E-state index contributed by atoms with van der Waals surface area (Å²) in [6.07, 6.45) is 3.66. The molecule has 1 aliphatic rings. The van der Waals surface area contributed by atoms with Crippen LogP contribution in [0.4, 0.5) is 5.69 Å². The predicted molar refractivity (Wildman–Crippen MR) is 94.3 cm³/mol. The van der Waals surface area contributed by atoms with Crippen LogP contribution in [0.25, 0.3) is 10.9 Å². The van der Waals surface area contributed by atoms with Crippen molar-refractivity contribution < 1.29 is 9.59 Å². The number of rotatable bonds is 2. The quantitative estimate of drug-likeness (QED) is 0.577. The van der Waals surface area contributed by atoms with Gasteiger partial charge in [0.05, 0.1) is 11.9 Å². The summed E-state index contributed by atoms with van der Waals surface area (Å²) in [7, 11) is 0. The van der Waals surface area contributed by atoms with Crippen LogP contribution < -0.4 is 10.6 Å². The second-order valence-corrected chi connectivity index (χ2v) is 5.82. The number of H-pyrrole nitrogens is 1. The summed E-state index contributed by atoms with van der Waals surface area (Å²) < 4.78 is 0. The topological polar surface area (TPSA) is 111 Å². The summed E-state index contributed by atoms with van der Waals surface area (Å²) >= 11 is 0. The zero-order valence-electron chi connectivity index (χ0n) is 13.2. The van der Waals surface area contributed by atoms with Crippen molar-refractivity contribution in [2.24, 2.45) is 0 Å². The van der Waals surface area contributed by atoms with E-state index in [1.165, 1.54) is 0 Å². The lowest BCUT2D eigenvalue weighted by atomic mass is 10.0. The van der Waals surface area contributed by atoms with Gasteiger partial charge in [0.15, 0.2) is 0 Å². The Morgan fingerprint density at radius 3 is 2.96 bits per heavy atom. The molecule has 0 aliphatic carbocycles. The number of carbonyl (C=O) groups is 2. The first-order valence-corrected chi connectivity index (χ1v) is 7.86. The third kappa shape index (κ3) is 2.65. The molecule has 7 heteroatoms. The average Bonchev–Trinajstić information content (AvgIpc) is 2.94. The van der Waals surface area contributed by atoms with E-state index in [0.717, 1.165) is 5.52 Å². The zero-order valence-corrected chi connectivity index (χ0v) is 13.2. The van der Waals surface area contributed by atoms with Crippen molar-refractivity contribution >= 4 is 34.1 Å². The fourth-order valence-electron chi connectivity index (χ4n) is 2.97. The lowest BCUT2D eigenvalue weighted by molar-refractivity contribution is 0.0951. The van der Waals surface area contributed by atoms with Gasteiger partial charge in [0.2, 0.25) is 0 Å². The third-order valence-corrected chi connectivity index (χ3v) is 4.17. The van der Waals surface area contributed by atoms with Gasteiger partial charge in [0.1, 0.15) is 5.69 Å². The van der Waals surface area contributed by atoms with Gasteiger partial charge >= 0.3 is 0 Å². The Labute approximate surface area is 143 Å². The van der Waals surface area contributed by atoms with Gasteiger partial charge < -0.3 is 21.0 Å². The van der Waals surface area contributed by atoms with Crippen LogP contribution in [0.1, 0.15) is 32.8 Å². The number of amides is 2. The molecule has 0 fully saturated rings. The van der Waals surface area contributed by atoms with Crippen LogP contribution in [-0.2, 0) is 0 Å². The predicted octanol–water partition coefficient (Wildman–Crippen LogP) is 2.32. The molecule has 124 valence electrons. The second kappa shape index (κ2) is 5.86. The lowest BCUT2D eigenvalue weighted by Gasteiger charge is -2.05. The van der Waals surface area contributed by atoms with E-state index in [9.17, 15) is 9.59 Å². The Bertz CT molecular complexity index is 1010. The van der Waals surface area contributed by atoms with Crippen LogP contribution in [0.3, 0.4) is 0 Å². The molecule has 2 amide bonds. The van der Waals surface area contributed by atoms with Crippen molar-refractivity contribution in [1.29, 1.82) is 5.41 Å². The van der Waals surface area contributed by atoms with E-state index in [2.05, 4.69) is 20.6 Å². The first-order valence-electron chi connectivity index (χ1n) is 7.86. The highest BCUT2D eigenvalue weighted by atomic mass is 16.2. The Hall–Kier alpha value is -3.48. The van der Waals surface area contributed by atoms with Crippen LogP contribution in [0.5, 0.6) is 0 Å². The van der Waals surface area contributed by atoms with Crippen molar-refractivity contribution in [3.8, 4) is 0 Å². The molecule has 3 heterocycles. The molecule has 0 saturated carbocycles. The number of nitrogens with zero attached hydrogens (tertiary/aromatic N) is 1. The number of benzene rings is 1. The Morgan fingerprint density at radius 1 is 1.28 bits per heavy atom. The molecule has 25 heavy (non-hydrogen) atoms. The normalized spacial score (nSPS) is 13.9. The molecule has 0 radical (unpaired) electrons. The molecule has 0 saturated heterocycles. The number of aromatic amines is 1. The minimum Gasteiger partial charge on any atom is -0.350 e. The molecule has 1 aromatic carbocycles. The summed E-state index contributed by atoms with van der Waals surface area (Å²) in [5.41, 5.74) is 3.11. The zero-order chi connectivity index (χ0) is 17.4. The molecule has 0 atom stereocenters. The first-order chi connectivity index (χ1) is 12.1. The van der Waals surface area contributed by atoms with Crippen molar-refractivity contribution in [1.82, 2.24) is 15.3 Å². The van der Waals surface area contributed by atoms with E-state index in [4.69, 9.17) is 5.41 Å². The number of pyridine rings is 1. The molecule has 3 aromatic rings. The standard InChI is InChI=1S/C18H15N5O2/c19-13-5-7-21-18(25)16-15(13)12-8-10(3-4-14(12)23-16)17(24)22-11-2-1-6-20-9-11/h1-4,6,8-9,19,23H,5,7H2,(H,21,25)(H,22,24). The highest BCUT2D eigenvalue weighted by Crippen LogP contribution is 2.26. The Kier molecular flexibility index (Phi) is 3.53. The van der Waals surface area contributed by atoms with Crippen molar-refractivity contribution in [2.45, 2.75) is 6.42 Å². The minimum atomic E-state index is -0.269. The molecule has 4 N–H and O–H groups in total. The van der Waals surface area contributed by atoms with Gasteiger partial charge in [-0.2, -0.15) is 0 Å². The van der Waals surface area contributed by atoms with Crippen LogP contribution in [0.15, 0.2) is 42.7 Å². The first kappa shape index (κ1) is 15.1. The third-order valence-electron chi connectivity index (χ3n) is 4.17. The smallest absolute Gasteiger partial charge is 0.268 e.